The van der Waals surface area contributed by atoms with E-state index in [2.05, 4.69) is 25.8 Å². The van der Waals surface area contributed by atoms with Crippen molar-refractivity contribution in [2.75, 3.05) is 37.7 Å². The third-order valence-corrected chi connectivity index (χ3v) is 5.04. The molecule has 0 spiro atoms. The van der Waals surface area contributed by atoms with E-state index in [0.29, 0.717) is 30.1 Å². The van der Waals surface area contributed by atoms with Crippen molar-refractivity contribution in [3.05, 3.63) is 48.0 Å². The van der Waals surface area contributed by atoms with Gasteiger partial charge in [-0.1, -0.05) is 6.07 Å². The molecule has 2 atom stereocenters. The van der Waals surface area contributed by atoms with Crippen LogP contribution >= 0.6 is 0 Å². The monoisotopic (exact) mass is 353 g/mol. The summed E-state index contributed by atoms with van der Waals surface area (Å²) >= 11 is 0. The fourth-order valence-electron chi connectivity index (χ4n) is 3.79. The predicted octanol–water partition coefficient (Wildman–Crippen LogP) is 2.08. The Morgan fingerprint density at radius 2 is 2.08 bits per heavy atom. The number of halogens is 1. The highest BCUT2D eigenvalue weighted by Gasteiger charge is 2.37. The Kier molecular flexibility index (Phi) is 4.67. The molecular weight excluding hydrogens is 333 g/mol. The van der Waals surface area contributed by atoms with Gasteiger partial charge in [0.05, 0.1) is 30.6 Å². The summed E-state index contributed by atoms with van der Waals surface area (Å²) in [5, 5.41) is 8.97. The van der Waals surface area contributed by atoms with Crippen molar-refractivity contribution >= 4 is 5.95 Å². The van der Waals surface area contributed by atoms with Crippen molar-refractivity contribution in [3.8, 4) is 11.8 Å². The smallest absolute Gasteiger partial charge is 0.225 e. The molecule has 26 heavy (non-hydrogen) atoms. The van der Waals surface area contributed by atoms with Crippen LogP contribution < -0.4 is 9.64 Å². The molecule has 0 bridgehead atoms. The first-order valence-corrected chi connectivity index (χ1v) is 8.81. The zero-order chi connectivity index (χ0) is 17.9. The van der Waals surface area contributed by atoms with Gasteiger partial charge in [0.25, 0.3) is 0 Å². The number of rotatable bonds is 4. The first kappa shape index (κ1) is 16.7. The minimum absolute atomic E-state index is 0.411. The van der Waals surface area contributed by atoms with Crippen LogP contribution in [0.15, 0.2) is 36.7 Å². The molecule has 0 radical (unpaired) electrons. The summed E-state index contributed by atoms with van der Waals surface area (Å²) in [6.07, 6.45) is 3.49. The molecule has 1 aromatic heterocycles. The van der Waals surface area contributed by atoms with Crippen LogP contribution in [0, 0.1) is 23.1 Å². The number of hydrogen-bond donors (Lipinski definition) is 0. The van der Waals surface area contributed by atoms with E-state index in [1.165, 1.54) is 12.4 Å². The molecule has 7 heteroatoms. The average Bonchev–Trinajstić information content (AvgIpc) is 3.09. The van der Waals surface area contributed by atoms with Gasteiger partial charge in [-0.15, -0.1) is 0 Å². The minimum Gasteiger partial charge on any atom is -0.493 e. The molecule has 4 rings (SSSR count). The summed E-state index contributed by atoms with van der Waals surface area (Å²) in [7, 11) is 0. The van der Waals surface area contributed by atoms with Crippen LogP contribution in [-0.2, 0) is 0 Å². The van der Waals surface area contributed by atoms with Gasteiger partial charge in [-0.05, 0) is 24.6 Å². The maximum absolute atomic E-state index is 13.0. The molecular formula is C19H20FN5O. The SMILES string of the molecule is N#Cc1cccc(OCC2CC3CN(c4ncc(F)cn4)CCN3C2)c1. The molecule has 2 aliphatic heterocycles. The molecule has 1 aromatic carbocycles. The molecule has 6 nitrogen and oxygen atoms in total. The zero-order valence-corrected chi connectivity index (χ0v) is 14.4. The van der Waals surface area contributed by atoms with Crippen molar-refractivity contribution in [1.82, 2.24) is 14.9 Å². The Labute approximate surface area is 151 Å². The molecule has 134 valence electrons. The van der Waals surface area contributed by atoms with Gasteiger partial charge in [-0.2, -0.15) is 5.26 Å². The summed E-state index contributed by atoms with van der Waals surface area (Å²) in [5.74, 6) is 1.39. The molecule has 2 fully saturated rings. The van der Waals surface area contributed by atoms with Gasteiger partial charge in [0.1, 0.15) is 5.75 Å². The largest absolute Gasteiger partial charge is 0.493 e. The van der Waals surface area contributed by atoms with Crippen LogP contribution in [0.3, 0.4) is 0 Å². The van der Waals surface area contributed by atoms with Gasteiger partial charge in [-0.25, -0.2) is 14.4 Å². The Bertz CT molecular complexity index is 806. The van der Waals surface area contributed by atoms with Crippen molar-refractivity contribution < 1.29 is 9.13 Å². The number of piperazine rings is 1. The summed E-state index contributed by atoms with van der Waals surface area (Å²) < 4.78 is 18.9. The van der Waals surface area contributed by atoms with Crippen LogP contribution in [0.5, 0.6) is 5.75 Å². The van der Waals surface area contributed by atoms with Crippen molar-refractivity contribution in [2.24, 2.45) is 5.92 Å². The highest BCUT2D eigenvalue weighted by molar-refractivity contribution is 5.36. The quantitative estimate of drug-likeness (QED) is 0.838. The molecule has 2 aliphatic rings. The number of benzene rings is 1. The van der Waals surface area contributed by atoms with Gasteiger partial charge in [0, 0.05) is 38.1 Å². The maximum Gasteiger partial charge on any atom is 0.225 e. The first-order chi connectivity index (χ1) is 12.7. The lowest BCUT2D eigenvalue weighted by Gasteiger charge is -2.37. The summed E-state index contributed by atoms with van der Waals surface area (Å²) in [4.78, 5) is 12.8. The molecule has 0 N–H and O–H groups in total. The fourth-order valence-corrected chi connectivity index (χ4v) is 3.79. The molecule has 0 saturated carbocycles. The number of aromatic nitrogens is 2. The molecule has 2 unspecified atom stereocenters. The summed E-state index contributed by atoms with van der Waals surface area (Å²) in [6.45, 7) is 4.31. The summed E-state index contributed by atoms with van der Waals surface area (Å²) in [5.41, 5.74) is 0.612. The average molecular weight is 353 g/mol. The first-order valence-electron chi connectivity index (χ1n) is 8.81. The molecule has 2 aromatic rings. The van der Waals surface area contributed by atoms with Gasteiger partial charge in [0.15, 0.2) is 5.82 Å². The van der Waals surface area contributed by atoms with E-state index < -0.39 is 5.82 Å². The van der Waals surface area contributed by atoms with Gasteiger partial charge < -0.3 is 9.64 Å². The van der Waals surface area contributed by atoms with E-state index in [4.69, 9.17) is 10.00 Å². The van der Waals surface area contributed by atoms with Crippen molar-refractivity contribution in [3.63, 3.8) is 0 Å². The lowest BCUT2D eigenvalue weighted by atomic mass is 10.1. The second-order valence-corrected chi connectivity index (χ2v) is 6.85. The predicted molar refractivity (Wildman–Crippen MR) is 94.3 cm³/mol. The van der Waals surface area contributed by atoms with Crippen LogP contribution in [0.1, 0.15) is 12.0 Å². The number of hydrogen-bond acceptors (Lipinski definition) is 6. The Hall–Kier alpha value is -2.72. The van der Waals surface area contributed by atoms with Crippen LogP contribution in [-0.4, -0.2) is 53.7 Å². The second kappa shape index (κ2) is 7.26. The van der Waals surface area contributed by atoms with E-state index in [0.717, 1.165) is 38.3 Å². The van der Waals surface area contributed by atoms with Crippen LogP contribution in [0.2, 0.25) is 0 Å². The highest BCUT2D eigenvalue weighted by Crippen LogP contribution is 2.28. The minimum atomic E-state index is -0.411. The zero-order valence-electron chi connectivity index (χ0n) is 14.4. The number of nitriles is 1. The normalized spacial score (nSPS) is 22.7. The van der Waals surface area contributed by atoms with E-state index >= 15 is 0 Å². The van der Waals surface area contributed by atoms with Crippen molar-refractivity contribution in [2.45, 2.75) is 12.5 Å². The van der Waals surface area contributed by atoms with E-state index in [9.17, 15) is 4.39 Å². The standard InChI is InChI=1S/C19H20FN5O/c20-16-9-22-19(23-10-16)25-5-4-24-11-15(6-17(24)12-25)13-26-18-3-1-2-14(7-18)8-21/h1-3,7,9-10,15,17H,4-6,11-13H2. The third kappa shape index (κ3) is 3.60. The fraction of sp³-hybridized carbons (Fsp3) is 0.421. The molecule has 0 aliphatic carbocycles. The lowest BCUT2D eigenvalue weighted by Crippen LogP contribution is -2.50. The maximum atomic E-state index is 13.0. The van der Waals surface area contributed by atoms with Crippen LogP contribution in [0.25, 0.3) is 0 Å². The van der Waals surface area contributed by atoms with Gasteiger partial charge >= 0.3 is 0 Å². The van der Waals surface area contributed by atoms with Crippen LogP contribution in [0.4, 0.5) is 10.3 Å². The van der Waals surface area contributed by atoms with Gasteiger partial charge in [-0.3, -0.25) is 4.90 Å². The third-order valence-electron chi connectivity index (χ3n) is 5.04. The molecule has 0 amide bonds. The summed E-state index contributed by atoms with van der Waals surface area (Å²) in [6, 6.07) is 9.84. The number of anilines is 1. The van der Waals surface area contributed by atoms with E-state index in [1.54, 1.807) is 12.1 Å². The Morgan fingerprint density at radius 3 is 2.88 bits per heavy atom. The van der Waals surface area contributed by atoms with Gasteiger partial charge in [0.2, 0.25) is 5.95 Å². The van der Waals surface area contributed by atoms with Crippen molar-refractivity contribution in [1.29, 1.82) is 5.26 Å². The Morgan fingerprint density at radius 1 is 1.23 bits per heavy atom. The molecule has 3 heterocycles. The number of fused-ring (bicyclic) bond motifs is 1. The topological polar surface area (TPSA) is 65.3 Å². The number of ether oxygens (including phenoxy) is 1. The lowest BCUT2D eigenvalue weighted by molar-refractivity contribution is 0.216. The van der Waals surface area contributed by atoms with E-state index in [1.807, 2.05) is 12.1 Å². The molecule has 2 saturated heterocycles. The second-order valence-electron chi connectivity index (χ2n) is 6.85. The number of nitrogens with zero attached hydrogens (tertiary/aromatic N) is 5. The van der Waals surface area contributed by atoms with E-state index in [-0.39, 0.29) is 0 Å². The Balaban J connectivity index is 1.33. The highest BCUT2D eigenvalue weighted by atomic mass is 19.1.